The normalized spacial score (nSPS) is 13.7. The predicted molar refractivity (Wildman–Crippen MR) is 66.5 cm³/mol. The highest BCUT2D eigenvalue weighted by Crippen LogP contribution is 2.22. The fraction of sp³-hybridized carbons (Fsp3) is 0.333. The summed E-state index contributed by atoms with van der Waals surface area (Å²) in [6.07, 6.45) is 0. The first-order valence-corrected chi connectivity index (χ1v) is 5.45. The molecular weight excluding hydrogens is 236 g/mol. The molecule has 0 spiro atoms. The summed E-state index contributed by atoms with van der Waals surface area (Å²) in [4.78, 5) is 22.7. The van der Waals surface area contributed by atoms with Gasteiger partial charge in [-0.1, -0.05) is 6.92 Å². The fourth-order valence-electron chi connectivity index (χ4n) is 1.30. The topological polar surface area (TPSA) is 113 Å². The van der Waals surface area contributed by atoms with Gasteiger partial charge in [0, 0.05) is 6.04 Å². The minimum atomic E-state index is -1.23. The van der Waals surface area contributed by atoms with Crippen LogP contribution in [0.15, 0.2) is 18.2 Å². The molecule has 6 heteroatoms. The van der Waals surface area contributed by atoms with Crippen molar-refractivity contribution in [3.05, 3.63) is 23.8 Å². The zero-order valence-electron chi connectivity index (χ0n) is 10.2. The molecule has 98 valence electrons. The van der Waals surface area contributed by atoms with Gasteiger partial charge in [0.05, 0.1) is 17.2 Å². The molecular formula is C12H16N2O4. The second-order valence-electron chi connectivity index (χ2n) is 4.17. The van der Waals surface area contributed by atoms with Crippen molar-refractivity contribution >= 4 is 17.6 Å². The third-order valence-electron chi connectivity index (χ3n) is 2.69. The molecule has 2 atom stereocenters. The maximum atomic E-state index is 11.8. The van der Waals surface area contributed by atoms with E-state index in [-0.39, 0.29) is 28.9 Å². The number of hydrogen-bond acceptors (Lipinski definition) is 4. The van der Waals surface area contributed by atoms with Gasteiger partial charge in [-0.2, -0.15) is 0 Å². The Balaban J connectivity index is 2.98. The quantitative estimate of drug-likeness (QED) is 0.597. The minimum absolute atomic E-state index is 0.137. The van der Waals surface area contributed by atoms with Crippen LogP contribution >= 0.6 is 0 Å². The fourth-order valence-corrected chi connectivity index (χ4v) is 1.30. The Hall–Kier alpha value is -2.08. The number of hydrogen-bond donors (Lipinski definition) is 4. The molecule has 0 saturated heterocycles. The summed E-state index contributed by atoms with van der Waals surface area (Å²) in [5.74, 6) is -2.21. The Kier molecular flexibility index (Phi) is 4.28. The zero-order chi connectivity index (χ0) is 13.9. The van der Waals surface area contributed by atoms with Crippen LogP contribution in [0.1, 0.15) is 24.2 Å². The lowest BCUT2D eigenvalue weighted by Crippen LogP contribution is -2.34. The van der Waals surface area contributed by atoms with Gasteiger partial charge in [0.2, 0.25) is 5.91 Å². The number of nitrogens with two attached hydrogens (primary N) is 1. The summed E-state index contributed by atoms with van der Waals surface area (Å²) >= 11 is 0. The van der Waals surface area contributed by atoms with Crippen LogP contribution in [0.2, 0.25) is 0 Å². The minimum Gasteiger partial charge on any atom is -0.508 e. The summed E-state index contributed by atoms with van der Waals surface area (Å²) in [6.45, 7) is 3.35. The number of amides is 1. The molecule has 0 aliphatic carbocycles. The Labute approximate surface area is 104 Å². The van der Waals surface area contributed by atoms with Crippen molar-refractivity contribution in [1.29, 1.82) is 0 Å². The highest BCUT2D eigenvalue weighted by Gasteiger charge is 2.19. The Morgan fingerprint density at radius 1 is 1.33 bits per heavy atom. The molecule has 5 N–H and O–H groups in total. The number of nitrogens with one attached hydrogen (secondary N) is 1. The molecule has 0 fully saturated rings. The molecule has 1 aromatic carbocycles. The number of carboxylic acid groups (broad SMARTS) is 1. The van der Waals surface area contributed by atoms with Gasteiger partial charge in [-0.05, 0) is 25.1 Å². The second kappa shape index (κ2) is 5.50. The number of aromatic hydroxyl groups is 1. The van der Waals surface area contributed by atoms with Crippen molar-refractivity contribution in [2.24, 2.45) is 11.7 Å². The van der Waals surface area contributed by atoms with Crippen molar-refractivity contribution in [3.63, 3.8) is 0 Å². The van der Waals surface area contributed by atoms with Crippen LogP contribution in [0.4, 0.5) is 5.69 Å². The van der Waals surface area contributed by atoms with E-state index in [0.717, 1.165) is 6.07 Å². The zero-order valence-corrected chi connectivity index (χ0v) is 10.2. The van der Waals surface area contributed by atoms with Crippen molar-refractivity contribution in [1.82, 2.24) is 0 Å². The van der Waals surface area contributed by atoms with Gasteiger partial charge < -0.3 is 21.3 Å². The molecule has 1 rings (SSSR count). The van der Waals surface area contributed by atoms with E-state index in [1.165, 1.54) is 12.1 Å². The smallest absolute Gasteiger partial charge is 0.337 e. The Bertz CT molecular complexity index is 471. The molecule has 0 radical (unpaired) electrons. The first-order chi connectivity index (χ1) is 8.32. The standard InChI is InChI=1S/C12H16N2O4/c1-6(7(2)13)11(16)14-10-4-3-8(15)5-9(10)12(17)18/h3-7,15H,13H2,1-2H3,(H,14,16)(H,17,18). The average molecular weight is 252 g/mol. The highest BCUT2D eigenvalue weighted by atomic mass is 16.4. The molecule has 1 amide bonds. The molecule has 0 aromatic heterocycles. The number of aromatic carboxylic acids is 1. The molecule has 0 aliphatic rings. The number of phenolic OH excluding ortho intramolecular Hbond substituents is 1. The van der Waals surface area contributed by atoms with E-state index < -0.39 is 11.9 Å². The SMILES string of the molecule is CC(N)C(C)C(=O)Nc1ccc(O)cc1C(=O)O. The van der Waals surface area contributed by atoms with Crippen molar-refractivity contribution in [3.8, 4) is 5.75 Å². The Morgan fingerprint density at radius 3 is 2.44 bits per heavy atom. The largest absolute Gasteiger partial charge is 0.508 e. The van der Waals surface area contributed by atoms with Crippen LogP contribution in [-0.4, -0.2) is 28.1 Å². The van der Waals surface area contributed by atoms with Gasteiger partial charge in [0.25, 0.3) is 0 Å². The maximum Gasteiger partial charge on any atom is 0.337 e. The average Bonchev–Trinajstić information content (AvgIpc) is 2.29. The number of carbonyl (C=O) groups excluding carboxylic acids is 1. The van der Waals surface area contributed by atoms with Gasteiger partial charge in [0.1, 0.15) is 5.75 Å². The van der Waals surface area contributed by atoms with Gasteiger partial charge in [-0.3, -0.25) is 4.79 Å². The lowest BCUT2D eigenvalue weighted by atomic mass is 10.0. The summed E-state index contributed by atoms with van der Waals surface area (Å²) in [7, 11) is 0. The molecule has 6 nitrogen and oxygen atoms in total. The van der Waals surface area contributed by atoms with Crippen LogP contribution in [0.5, 0.6) is 5.75 Å². The van der Waals surface area contributed by atoms with Gasteiger partial charge in [-0.25, -0.2) is 4.79 Å². The molecule has 2 unspecified atom stereocenters. The van der Waals surface area contributed by atoms with E-state index >= 15 is 0 Å². The summed E-state index contributed by atoms with van der Waals surface area (Å²) in [6, 6.07) is 3.38. The van der Waals surface area contributed by atoms with Gasteiger partial charge >= 0.3 is 5.97 Å². The number of carboxylic acids is 1. The molecule has 1 aromatic rings. The maximum absolute atomic E-state index is 11.8. The summed E-state index contributed by atoms with van der Waals surface area (Å²) < 4.78 is 0. The summed E-state index contributed by atoms with van der Waals surface area (Å²) in [5.41, 5.74) is 5.57. The van der Waals surface area contributed by atoms with E-state index in [2.05, 4.69) is 5.32 Å². The van der Waals surface area contributed by atoms with E-state index in [0.29, 0.717) is 0 Å². The monoisotopic (exact) mass is 252 g/mol. The molecule has 18 heavy (non-hydrogen) atoms. The van der Waals surface area contributed by atoms with E-state index in [9.17, 15) is 14.7 Å². The van der Waals surface area contributed by atoms with Crippen LogP contribution in [0, 0.1) is 5.92 Å². The number of benzene rings is 1. The lowest BCUT2D eigenvalue weighted by Gasteiger charge is -2.16. The van der Waals surface area contributed by atoms with Crippen molar-refractivity contribution in [2.45, 2.75) is 19.9 Å². The van der Waals surface area contributed by atoms with Crippen molar-refractivity contribution in [2.75, 3.05) is 5.32 Å². The molecule has 0 heterocycles. The van der Waals surface area contributed by atoms with Crippen molar-refractivity contribution < 1.29 is 19.8 Å². The molecule has 0 saturated carbocycles. The van der Waals surface area contributed by atoms with E-state index in [1.807, 2.05) is 0 Å². The molecule has 0 aliphatic heterocycles. The number of rotatable bonds is 4. The summed E-state index contributed by atoms with van der Waals surface area (Å²) in [5, 5.41) is 20.7. The van der Waals surface area contributed by atoms with E-state index in [1.54, 1.807) is 13.8 Å². The number of phenols is 1. The van der Waals surface area contributed by atoms with Crippen LogP contribution < -0.4 is 11.1 Å². The third kappa shape index (κ3) is 3.21. The second-order valence-corrected chi connectivity index (χ2v) is 4.17. The molecule has 0 bridgehead atoms. The first kappa shape index (κ1) is 14.0. The Morgan fingerprint density at radius 2 is 1.94 bits per heavy atom. The predicted octanol–water partition coefficient (Wildman–Crippen LogP) is 1.01. The highest BCUT2D eigenvalue weighted by molar-refractivity contribution is 6.01. The number of anilines is 1. The third-order valence-corrected chi connectivity index (χ3v) is 2.69. The number of carbonyl (C=O) groups is 2. The van der Waals surface area contributed by atoms with Crippen LogP contribution in [0.25, 0.3) is 0 Å². The van der Waals surface area contributed by atoms with Crippen LogP contribution in [0.3, 0.4) is 0 Å². The van der Waals surface area contributed by atoms with Gasteiger partial charge in [-0.15, -0.1) is 0 Å². The van der Waals surface area contributed by atoms with Gasteiger partial charge in [0.15, 0.2) is 0 Å². The first-order valence-electron chi connectivity index (χ1n) is 5.45. The lowest BCUT2D eigenvalue weighted by molar-refractivity contribution is -0.119. The van der Waals surface area contributed by atoms with E-state index in [4.69, 9.17) is 10.8 Å². The van der Waals surface area contributed by atoms with Crippen LogP contribution in [-0.2, 0) is 4.79 Å².